The van der Waals surface area contributed by atoms with Crippen LogP contribution in [-0.4, -0.2) is 64.5 Å². The second-order valence-electron chi connectivity index (χ2n) is 6.77. The molecule has 4 aliphatic heterocycles. The monoisotopic (exact) mass is 402 g/mol. The van der Waals surface area contributed by atoms with E-state index in [4.69, 9.17) is 14.6 Å². The van der Waals surface area contributed by atoms with Crippen molar-refractivity contribution >= 4 is 23.7 Å². The molecular formula is C17H17F3N2O6. The van der Waals surface area contributed by atoms with Crippen LogP contribution in [0.15, 0.2) is 24.3 Å². The second-order valence-corrected chi connectivity index (χ2v) is 6.77. The van der Waals surface area contributed by atoms with E-state index >= 15 is 0 Å². The highest BCUT2D eigenvalue weighted by molar-refractivity contribution is 6.20. The number of phenolic OH excluding ortho intramolecular Hbond substituents is 1. The molecule has 2 amide bonds. The van der Waals surface area contributed by atoms with Gasteiger partial charge in [-0.25, -0.2) is 14.5 Å². The normalized spacial score (nSPS) is 28.8. The van der Waals surface area contributed by atoms with E-state index in [9.17, 15) is 27.9 Å². The Morgan fingerprint density at radius 1 is 1.14 bits per heavy atom. The summed E-state index contributed by atoms with van der Waals surface area (Å²) >= 11 is 0. The molecular weight excluding hydrogens is 385 g/mol. The van der Waals surface area contributed by atoms with Crippen molar-refractivity contribution in [2.24, 2.45) is 5.92 Å². The van der Waals surface area contributed by atoms with Gasteiger partial charge >= 0.3 is 18.2 Å². The quantitative estimate of drug-likeness (QED) is 0.740. The number of fused-ring (bicyclic) bond motifs is 2. The number of carbonyl (C=O) groups excluding carboxylic acids is 2. The van der Waals surface area contributed by atoms with Crippen LogP contribution in [0.2, 0.25) is 0 Å². The summed E-state index contributed by atoms with van der Waals surface area (Å²) in [5, 5.41) is 16.5. The Hall–Kier alpha value is -2.82. The maximum atomic E-state index is 12.9. The predicted octanol–water partition coefficient (Wildman–Crippen LogP) is 1.97. The van der Waals surface area contributed by atoms with Gasteiger partial charge in [-0.1, -0.05) is 0 Å². The summed E-state index contributed by atoms with van der Waals surface area (Å²) in [5.41, 5.74) is -0.568. The van der Waals surface area contributed by atoms with Crippen molar-refractivity contribution < 1.29 is 42.5 Å². The number of alkyl halides is 3. The first-order valence-corrected chi connectivity index (χ1v) is 8.43. The molecule has 1 aromatic rings. The number of hydrogen-bond acceptors (Lipinski definition) is 6. The maximum absolute atomic E-state index is 12.9. The number of carboxylic acids is 1. The summed E-state index contributed by atoms with van der Waals surface area (Å²) in [5.74, 6) is -2.82. The molecule has 1 spiro atoms. The Kier molecular flexibility index (Phi) is 4.96. The zero-order valence-electron chi connectivity index (χ0n) is 14.5. The third kappa shape index (κ3) is 3.49. The summed E-state index contributed by atoms with van der Waals surface area (Å²) in [6.45, 7) is 2.43. The molecule has 4 heterocycles. The summed E-state index contributed by atoms with van der Waals surface area (Å²) in [6, 6.07) is 6.01. The molecule has 8 nitrogen and oxygen atoms in total. The first-order chi connectivity index (χ1) is 13.0. The van der Waals surface area contributed by atoms with E-state index in [-0.39, 0.29) is 17.6 Å². The standard InChI is InChI=1S/C15H16N2O4.C2HF3O2/c18-12-3-1-11(2-4-12)17-13(19)15(21-14(17)20)9-16-7-5-10(15)6-8-16;3-2(4,5)1(6)7/h1-4,10,18H,5-9H2;(H,6,7). The lowest BCUT2D eigenvalue weighted by molar-refractivity contribution is -0.192. The first kappa shape index (κ1) is 19.9. The topological polar surface area (TPSA) is 107 Å². The van der Waals surface area contributed by atoms with Crippen LogP contribution in [-0.2, 0) is 14.3 Å². The number of anilines is 1. The predicted molar refractivity (Wildman–Crippen MR) is 87.7 cm³/mol. The lowest BCUT2D eigenvalue weighted by Gasteiger charge is -2.48. The lowest BCUT2D eigenvalue weighted by atomic mass is 9.75. The van der Waals surface area contributed by atoms with Gasteiger partial charge in [0.25, 0.3) is 5.91 Å². The second kappa shape index (κ2) is 6.97. The SMILES string of the molecule is O=C(O)C(F)(F)F.O=C1OC2(CN3CCC2CC3)C(=O)N1c1ccc(O)cc1. The van der Waals surface area contributed by atoms with Gasteiger partial charge in [0.15, 0.2) is 0 Å². The number of carboxylic acid groups (broad SMARTS) is 1. The van der Waals surface area contributed by atoms with Crippen LogP contribution in [0.25, 0.3) is 0 Å². The van der Waals surface area contributed by atoms with E-state index in [1.54, 1.807) is 12.1 Å². The van der Waals surface area contributed by atoms with Gasteiger partial charge in [-0.2, -0.15) is 13.2 Å². The molecule has 0 radical (unpaired) electrons. The molecule has 4 aliphatic rings. The third-order valence-corrected chi connectivity index (χ3v) is 5.07. The summed E-state index contributed by atoms with van der Waals surface area (Å²) in [6.07, 6.45) is -3.91. The van der Waals surface area contributed by atoms with Crippen molar-refractivity contribution in [2.75, 3.05) is 24.5 Å². The highest BCUT2D eigenvalue weighted by Crippen LogP contribution is 2.44. The summed E-state index contributed by atoms with van der Waals surface area (Å²) < 4.78 is 37.3. The van der Waals surface area contributed by atoms with Crippen LogP contribution in [0.3, 0.4) is 0 Å². The van der Waals surface area contributed by atoms with Crippen molar-refractivity contribution in [3.63, 3.8) is 0 Å². The number of amides is 2. The molecule has 5 rings (SSSR count). The van der Waals surface area contributed by atoms with E-state index in [1.807, 2.05) is 0 Å². The fraction of sp³-hybridized carbons (Fsp3) is 0.471. The van der Waals surface area contributed by atoms with Crippen LogP contribution < -0.4 is 4.90 Å². The maximum Gasteiger partial charge on any atom is 0.490 e. The summed E-state index contributed by atoms with van der Waals surface area (Å²) in [7, 11) is 0. The molecule has 11 heteroatoms. The molecule has 4 saturated heterocycles. The number of nitrogens with zero attached hydrogens (tertiary/aromatic N) is 2. The molecule has 2 N–H and O–H groups in total. The number of benzene rings is 1. The van der Waals surface area contributed by atoms with Gasteiger partial charge in [0.2, 0.25) is 5.60 Å². The average Bonchev–Trinajstić information content (AvgIpc) is 2.86. The molecule has 152 valence electrons. The molecule has 28 heavy (non-hydrogen) atoms. The van der Waals surface area contributed by atoms with E-state index in [0.29, 0.717) is 12.2 Å². The van der Waals surface area contributed by atoms with E-state index in [2.05, 4.69) is 4.90 Å². The minimum atomic E-state index is -5.08. The third-order valence-electron chi connectivity index (χ3n) is 5.07. The number of phenols is 1. The van der Waals surface area contributed by atoms with Gasteiger partial charge in [0, 0.05) is 12.5 Å². The molecule has 2 bridgehead atoms. The lowest BCUT2D eigenvalue weighted by Crippen LogP contribution is -2.63. The van der Waals surface area contributed by atoms with Crippen LogP contribution in [0.4, 0.5) is 23.7 Å². The molecule has 0 aromatic heterocycles. The van der Waals surface area contributed by atoms with Crippen molar-refractivity contribution in [2.45, 2.75) is 24.6 Å². The number of ether oxygens (including phenoxy) is 1. The number of aromatic hydroxyl groups is 1. The van der Waals surface area contributed by atoms with Crippen LogP contribution >= 0.6 is 0 Å². The Bertz CT molecular complexity index is 789. The Balaban J connectivity index is 0.000000279. The van der Waals surface area contributed by atoms with Crippen molar-refractivity contribution in [3.8, 4) is 5.75 Å². The van der Waals surface area contributed by atoms with Gasteiger partial charge in [-0.15, -0.1) is 0 Å². The van der Waals surface area contributed by atoms with Gasteiger partial charge < -0.3 is 14.9 Å². The number of carbonyl (C=O) groups is 3. The molecule has 1 unspecified atom stereocenters. The van der Waals surface area contributed by atoms with Crippen molar-refractivity contribution in [3.05, 3.63) is 24.3 Å². The van der Waals surface area contributed by atoms with Gasteiger partial charge in [-0.3, -0.25) is 9.69 Å². The minimum Gasteiger partial charge on any atom is -0.508 e. The van der Waals surface area contributed by atoms with Crippen LogP contribution in [0, 0.1) is 5.92 Å². The minimum absolute atomic E-state index is 0.0938. The summed E-state index contributed by atoms with van der Waals surface area (Å²) in [4.78, 5) is 37.3. The number of piperidine rings is 3. The van der Waals surface area contributed by atoms with Gasteiger partial charge in [0.1, 0.15) is 5.75 Å². The molecule has 0 saturated carbocycles. The number of hydrogen-bond donors (Lipinski definition) is 2. The van der Waals surface area contributed by atoms with E-state index in [1.165, 1.54) is 12.1 Å². The van der Waals surface area contributed by atoms with Crippen molar-refractivity contribution in [1.82, 2.24) is 4.90 Å². The fourth-order valence-corrected chi connectivity index (χ4v) is 3.72. The molecule has 1 aromatic carbocycles. The molecule has 1 atom stereocenters. The zero-order chi connectivity index (χ0) is 20.7. The number of imide groups is 1. The number of rotatable bonds is 1. The highest BCUT2D eigenvalue weighted by atomic mass is 19.4. The first-order valence-electron chi connectivity index (χ1n) is 8.43. The van der Waals surface area contributed by atoms with Gasteiger partial charge in [-0.05, 0) is 50.2 Å². The van der Waals surface area contributed by atoms with Crippen LogP contribution in [0.5, 0.6) is 5.75 Å². The molecule has 0 aliphatic carbocycles. The Morgan fingerprint density at radius 3 is 2.11 bits per heavy atom. The number of halogens is 3. The van der Waals surface area contributed by atoms with Crippen molar-refractivity contribution in [1.29, 1.82) is 0 Å². The largest absolute Gasteiger partial charge is 0.508 e. The van der Waals surface area contributed by atoms with E-state index in [0.717, 1.165) is 30.8 Å². The smallest absolute Gasteiger partial charge is 0.490 e. The van der Waals surface area contributed by atoms with Gasteiger partial charge in [0.05, 0.1) is 5.69 Å². The highest BCUT2D eigenvalue weighted by Gasteiger charge is 2.62. The average molecular weight is 402 g/mol. The Morgan fingerprint density at radius 2 is 1.68 bits per heavy atom. The Labute approximate surface area is 157 Å². The van der Waals surface area contributed by atoms with E-state index < -0.39 is 23.8 Å². The fourth-order valence-electron chi connectivity index (χ4n) is 3.72. The molecule has 4 fully saturated rings. The zero-order valence-corrected chi connectivity index (χ0v) is 14.5. The van der Waals surface area contributed by atoms with Crippen LogP contribution in [0.1, 0.15) is 12.8 Å². The number of aliphatic carboxylic acids is 1.